The van der Waals surface area contributed by atoms with Crippen LogP contribution < -0.4 is 10.2 Å². The lowest BCUT2D eigenvalue weighted by Crippen LogP contribution is -2.35. The Bertz CT molecular complexity index is 776. The smallest absolute Gasteiger partial charge is 0.225 e. The van der Waals surface area contributed by atoms with E-state index in [1.165, 1.54) is 0 Å². The van der Waals surface area contributed by atoms with Gasteiger partial charge < -0.3 is 10.2 Å². The standard InChI is InChI=1S/C17H18N6S/c1-2-7-18-15(6-1)22-17-21-14(12-24-17)13-5-3-10-23(11-13)16-19-8-4-9-20-16/h1-2,4,6-9,12-13H,3,5,10-11H2,(H,18,21,22). The normalized spacial score (nSPS) is 17.7. The highest BCUT2D eigenvalue weighted by Gasteiger charge is 2.24. The first-order valence-electron chi connectivity index (χ1n) is 8.04. The topological polar surface area (TPSA) is 66.8 Å². The molecule has 0 amide bonds. The molecule has 0 radical (unpaired) electrons. The fraction of sp³-hybridized carbons (Fsp3) is 0.294. The van der Waals surface area contributed by atoms with Crippen LogP contribution in [0.1, 0.15) is 24.5 Å². The van der Waals surface area contributed by atoms with Gasteiger partial charge in [0.15, 0.2) is 5.13 Å². The first-order chi connectivity index (χ1) is 11.9. The third-order valence-corrected chi connectivity index (χ3v) is 4.87. The second-order valence-electron chi connectivity index (χ2n) is 5.75. The van der Waals surface area contributed by atoms with Crippen molar-refractivity contribution in [1.82, 2.24) is 19.9 Å². The van der Waals surface area contributed by atoms with E-state index in [1.54, 1.807) is 29.9 Å². The summed E-state index contributed by atoms with van der Waals surface area (Å²) in [6.45, 7) is 1.92. The van der Waals surface area contributed by atoms with Crippen LogP contribution in [0.25, 0.3) is 0 Å². The number of pyridine rings is 1. The van der Waals surface area contributed by atoms with Gasteiger partial charge in [0.05, 0.1) is 5.69 Å². The summed E-state index contributed by atoms with van der Waals surface area (Å²) < 4.78 is 0. The van der Waals surface area contributed by atoms with Gasteiger partial charge in [-0.2, -0.15) is 0 Å². The van der Waals surface area contributed by atoms with Crippen LogP contribution in [0.2, 0.25) is 0 Å². The lowest BCUT2D eigenvalue weighted by atomic mass is 9.96. The van der Waals surface area contributed by atoms with Crippen molar-refractivity contribution >= 4 is 28.2 Å². The van der Waals surface area contributed by atoms with Crippen molar-refractivity contribution in [3.63, 3.8) is 0 Å². The van der Waals surface area contributed by atoms with Gasteiger partial charge in [0.2, 0.25) is 5.95 Å². The molecule has 0 aliphatic carbocycles. The third kappa shape index (κ3) is 3.35. The van der Waals surface area contributed by atoms with Crippen molar-refractivity contribution in [2.75, 3.05) is 23.3 Å². The lowest BCUT2D eigenvalue weighted by molar-refractivity contribution is 0.497. The van der Waals surface area contributed by atoms with Gasteiger partial charge in [-0.25, -0.2) is 19.9 Å². The van der Waals surface area contributed by atoms with Crippen LogP contribution in [0.15, 0.2) is 48.2 Å². The molecule has 1 unspecified atom stereocenters. The highest BCUT2D eigenvalue weighted by molar-refractivity contribution is 7.13. The summed E-state index contributed by atoms with van der Waals surface area (Å²) >= 11 is 1.62. The maximum absolute atomic E-state index is 4.76. The first kappa shape index (κ1) is 15.0. The van der Waals surface area contributed by atoms with Crippen LogP contribution in [0.5, 0.6) is 0 Å². The average Bonchev–Trinajstić information content (AvgIpc) is 3.12. The van der Waals surface area contributed by atoms with E-state index in [4.69, 9.17) is 4.98 Å². The number of hydrogen-bond acceptors (Lipinski definition) is 7. The van der Waals surface area contributed by atoms with Crippen LogP contribution in [0.4, 0.5) is 16.9 Å². The largest absolute Gasteiger partial charge is 0.340 e. The van der Waals surface area contributed by atoms with E-state index in [-0.39, 0.29) is 0 Å². The predicted molar refractivity (Wildman–Crippen MR) is 95.9 cm³/mol. The third-order valence-electron chi connectivity index (χ3n) is 4.10. The van der Waals surface area contributed by atoms with Gasteiger partial charge in [0.1, 0.15) is 5.82 Å². The molecule has 0 saturated carbocycles. The van der Waals surface area contributed by atoms with Crippen LogP contribution in [-0.4, -0.2) is 33.0 Å². The van der Waals surface area contributed by atoms with Crippen molar-refractivity contribution in [3.05, 3.63) is 53.9 Å². The summed E-state index contributed by atoms with van der Waals surface area (Å²) in [5.74, 6) is 2.05. The van der Waals surface area contributed by atoms with E-state index in [0.29, 0.717) is 5.92 Å². The predicted octanol–water partition coefficient (Wildman–Crippen LogP) is 3.46. The van der Waals surface area contributed by atoms with Crippen LogP contribution in [0.3, 0.4) is 0 Å². The summed E-state index contributed by atoms with van der Waals surface area (Å²) in [6, 6.07) is 7.65. The monoisotopic (exact) mass is 338 g/mol. The Labute approximate surface area is 144 Å². The van der Waals surface area contributed by atoms with Crippen LogP contribution in [0, 0.1) is 0 Å². The molecule has 1 N–H and O–H groups in total. The number of aromatic nitrogens is 4. The summed E-state index contributed by atoms with van der Waals surface area (Å²) in [5, 5.41) is 6.29. The number of nitrogens with zero attached hydrogens (tertiary/aromatic N) is 5. The fourth-order valence-electron chi connectivity index (χ4n) is 2.93. The zero-order valence-corrected chi connectivity index (χ0v) is 14.0. The number of nitrogens with one attached hydrogen (secondary N) is 1. The zero-order valence-electron chi connectivity index (χ0n) is 13.2. The van der Waals surface area contributed by atoms with Gasteiger partial charge in [-0.3, -0.25) is 0 Å². The van der Waals surface area contributed by atoms with Gasteiger partial charge in [0.25, 0.3) is 0 Å². The van der Waals surface area contributed by atoms with E-state index >= 15 is 0 Å². The SMILES string of the molecule is c1ccc(Nc2nc(C3CCCN(c4ncccn4)C3)cs2)nc1. The Kier molecular flexibility index (Phi) is 4.33. The quantitative estimate of drug-likeness (QED) is 0.786. The lowest BCUT2D eigenvalue weighted by Gasteiger charge is -2.31. The molecule has 6 nitrogen and oxygen atoms in total. The highest BCUT2D eigenvalue weighted by atomic mass is 32.1. The molecule has 4 heterocycles. The molecule has 122 valence electrons. The van der Waals surface area contributed by atoms with E-state index in [0.717, 1.165) is 48.5 Å². The van der Waals surface area contributed by atoms with E-state index in [2.05, 4.69) is 30.5 Å². The second kappa shape index (κ2) is 6.92. The molecule has 0 bridgehead atoms. The van der Waals surface area contributed by atoms with Gasteiger partial charge in [-0.05, 0) is 31.0 Å². The van der Waals surface area contributed by atoms with E-state index in [1.807, 2.05) is 24.3 Å². The molecule has 0 aromatic carbocycles. The number of thiazole rings is 1. The molecule has 3 aromatic heterocycles. The zero-order chi connectivity index (χ0) is 16.2. The maximum atomic E-state index is 4.76. The highest BCUT2D eigenvalue weighted by Crippen LogP contribution is 2.31. The molecule has 1 saturated heterocycles. The van der Waals surface area contributed by atoms with Gasteiger partial charge in [0, 0.05) is 43.0 Å². The summed E-state index contributed by atoms with van der Waals surface area (Å²) in [6.07, 6.45) is 7.64. The first-order valence-corrected chi connectivity index (χ1v) is 8.92. The molecular formula is C17H18N6S. The number of hydrogen-bond donors (Lipinski definition) is 1. The van der Waals surface area contributed by atoms with Crippen molar-refractivity contribution in [3.8, 4) is 0 Å². The average molecular weight is 338 g/mol. The number of rotatable bonds is 4. The summed E-state index contributed by atoms with van der Waals surface area (Å²) in [7, 11) is 0. The van der Waals surface area contributed by atoms with Crippen LogP contribution >= 0.6 is 11.3 Å². The van der Waals surface area contributed by atoms with E-state index in [9.17, 15) is 0 Å². The van der Waals surface area contributed by atoms with Crippen molar-refractivity contribution in [2.45, 2.75) is 18.8 Å². The van der Waals surface area contributed by atoms with Crippen LogP contribution in [-0.2, 0) is 0 Å². The molecule has 1 atom stereocenters. The Morgan fingerprint density at radius 2 is 1.96 bits per heavy atom. The summed E-state index contributed by atoms with van der Waals surface area (Å²) in [4.78, 5) is 20.0. The van der Waals surface area contributed by atoms with Gasteiger partial charge in [-0.15, -0.1) is 11.3 Å². The molecule has 7 heteroatoms. The van der Waals surface area contributed by atoms with Gasteiger partial charge in [-0.1, -0.05) is 6.07 Å². The summed E-state index contributed by atoms with van der Waals surface area (Å²) in [5.41, 5.74) is 1.14. The number of anilines is 3. The molecular weight excluding hydrogens is 320 g/mol. The van der Waals surface area contributed by atoms with Gasteiger partial charge >= 0.3 is 0 Å². The van der Waals surface area contributed by atoms with Crippen molar-refractivity contribution < 1.29 is 0 Å². The Morgan fingerprint density at radius 3 is 2.79 bits per heavy atom. The minimum atomic E-state index is 0.415. The minimum Gasteiger partial charge on any atom is -0.340 e. The Hall–Kier alpha value is -2.54. The molecule has 1 aliphatic rings. The molecule has 0 spiro atoms. The molecule has 4 rings (SSSR count). The Balaban J connectivity index is 1.46. The second-order valence-corrected chi connectivity index (χ2v) is 6.61. The minimum absolute atomic E-state index is 0.415. The molecule has 3 aromatic rings. The Morgan fingerprint density at radius 1 is 1.08 bits per heavy atom. The number of piperidine rings is 1. The van der Waals surface area contributed by atoms with E-state index < -0.39 is 0 Å². The van der Waals surface area contributed by atoms with Crippen molar-refractivity contribution in [2.24, 2.45) is 0 Å². The molecule has 24 heavy (non-hydrogen) atoms. The van der Waals surface area contributed by atoms with Crippen molar-refractivity contribution in [1.29, 1.82) is 0 Å². The molecule has 1 aliphatic heterocycles. The maximum Gasteiger partial charge on any atom is 0.225 e. The fourth-order valence-corrected chi connectivity index (χ4v) is 3.73. The molecule has 1 fully saturated rings.